The Morgan fingerprint density at radius 3 is 2.97 bits per heavy atom. The molecular formula is C23H22N4O3S2. The van der Waals surface area contributed by atoms with E-state index in [-0.39, 0.29) is 11.7 Å². The van der Waals surface area contributed by atoms with Crippen molar-refractivity contribution in [2.75, 3.05) is 19.4 Å². The second kappa shape index (κ2) is 9.30. The molecule has 0 bridgehead atoms. The summed E-state index contributed by atoms with van der Waals surface area (Å²) >= 11 is 2.98. The highest BCUT2D eigenvalue weighted by molar-refractivity contribution is 7.99. The van der Waals surface area contributed by atoms with Crippen LogP contribution in [0.5, 0.6) is 5.75 Å². The zero-order valence-corrected chi connectivity index (χ0v) is 19.2. The van der Waals surface area contributed by atoms with Gasteiger partial charge in [0.05, 0.1) is 28.1 Å². The first kappa shape index (κ1) is 21.0. The number of fused-ring (bicyclic) bond motifs is 2. The number of methoxy groups -OCH3 is 1. The third kappa shape index (κ3) is 4.63. The highest BCUT2D eigenvalue weighted by Crippen LogP contribution is 2.26. The molecule has 0 atom stereocenters. The Balaban J connectivity index is 1.12. The molecule has 2 aromatic heterocycles. The van der Waals surface area contributed by atoms with Gasteiger partial charge in [-0.1, -0.05) is 30.0 Å². The molecular weight excluding hydrogens is 444 g/mol. The quantitative estimate of drug-likeness (QED) is 0.379. The first-order chi connectivity index (χ1) is 15.7. The predicted molar refractivity (Wildman–Crippen MR) is 124 cm³/mol. The van der Waals surface area contributed by atoms with Crippen LogP contribution in [0.2, 0.25) is 0 Å². The minimum absolute atomic E-state index is 0.0747. The lowest BCUT2D eigenvalue weighted by atomic mass is 9.99. The van der Waals surface area contributed by atoms with Gasteiger partial charge in [-0.2, -0.15) is 0 Å². The van der Waals surface area contributed by atoms with E-state index >= 15 is 0 Å². The standard InChI is InChI=1S/C23H22N4O3S2/c1-29-17-7-6-16-13-27(11-10-15(16)12-17)22(28)14-31-23-26-25-20(30-23)8-9-21-24-18-4-2-3-5-19(18)32-21/h2-7,12H,8-11,13-14H2,1H3. The molecule has 1 aliphatic heterocycles. The summed E-state index contributed by atoms with van der Waals surface area (Å²) in [6, 6.07) is 14.1. The Kier molecular flexibility index (Phi) is 6.09. The van der Waals surface area contributed by atoms with Gasteiger partial charge in [-0.05, 0) is 41.8 Å². The average Bonchev–Trinajstić information content (AvgIpc) is 3.46. The van der Waals surface area contributed by atoms with E-state index in [1.807, 2.05) is 35.2 Å². The van der Waals surface area contributed by atoms with Gasteiger partial charge in [0.15, 0.2) is 0 Å². The summed E-state index contributed by atoms with van der Waals surface area (Å²) in [5.41, 5.74) is 3.44. The van der Waals surface area contributed by atoms with E-state index in [4.69, 9.17) is 9.15 Å². The fourth-order valence-corrected chi connectivity index (χ4v) is 5.37. The summed E-state index contributed by atoms with van der Waals surface area (Å²) in [7, 11) is 1.67. The maximum absolute atomic E-state index is 12.7. The Bertz CT molecular complexity index is 1220. The number of thioether (sulfide) groups is 1. The van der Waals surface area contributed by atoms with E-state index in [2.05, 4.69) is 27.3 Å². The summed E-state index contributed by atoms with van der Waals surface area (Å²) in [5, 5.41) is 9.70. The lowest BCUT2D eigenvalue weighted by Gasteiger charge is -2.29. The molecule has 1 aliphatic rings. The van der Waals surface area contributed by atoms with Crippen LogP contribution in [0.25, 0.3) is 10.2 Å². The predicted octanol–water partition coefficient (Wildman–Crippen LogP) is 4.15. The topological polar surface area (TPSA) is 81.4 Å². The largest absolute Gasteiger partial charge is 0.497 e. The second-order valence-electron chi connectivity index (χ2n) is 7.53. The number of nitrogens with zero attached hydrogens (tertiary/aromatic N) is 4. The van der Waals surface area contributed by atoms with E-state index in [0.717, 1.165) is 29.1 Å². The number of thiazole rings is 1. The van der Waals surface area contributed by atoms with Crippen molar-refractivity contribution >= 4 is 39.2 Å². The molecule has 7 nitrogen and oxygen atoms in total. The molecule has 2 aromatic carbocycles. The molecule has 164 valence electrons. The first-order valence-corrected chi connectivity index (χ1v) is 12.2. The highest BCUT2D eigenvalue weighted by atomic mass is 32.2. The number of aromatic nitrogens is 3. The number of rotatable bonds is 7. The Morgan fingerprint density at radius 1 is 1.19 bits per heavy atom. The molecule has 0 aliphatic carbocycles. The molecule has 0 saturated carbocycles. The molecule has 9 heteroatoms. The van der Waals surface area contributed by atoms with Crippen molar-refractivity contribution in [2.24, 2.45) is 0 Å². The third-order valence-corrected chi connectivity index (χ3v) is 7.34. The smallest absolute Gasteiger partial charge is 0.277 e. The molecule has 0 radical (unpaired) electrons. The van der Waals surface area contributed by atoms with Crippen LogP contribution in [0.3, 0.4) is 0 Å². The van der Waals surface area contributed by atoms with Crippen LogP contribution in [-0.2, 0) is 30.6 Å². The van der Waals surface area contributed by atoms with Crippen molar-refractivity contribution in [2.45, 2.75) is 31.0 Å². The van der Waals surface area contributed by atoms with E-state index in [1.165, 1.54) is 27.6 Å². The van der Waals surface area contributed by atoms with E-state index in [1.54, 1.807) is 18.4 Å². The van der Waals surface area contributed by atoms with Crippen molar-refractivity contribution in [3.05, 3.63) is 64.5 Å². The molecule has 0 unspecified atom stereocenters. The monoisotopic (exact) mass is 466 g/mol. The molecule has 3 heterocycles. The van der Waals surface area contributed by atoms with Gasteiger partial charge in [0.2, 0.25) is 11.8 Å². The van der Waals surface area contributed by atoms with Crippen molar-refractivity contribution in [1.82, 2.24) is 20.1 Å². The maximum Gasteiger partial charge on any atom is 0.277 e. The minimum Gasteiger partial charge on any atom is -0.497 e. The summed E-state index contributed by atoms with van der Waals surface area (Å²) < 4.78 is 12.2. The lowest BCUT2D eigenvalue weighted by molar-refractivity contribution is -0.129. The summed E-state index contributed by atoms with van der Waals surface area (Å²) in [5.74, 6) is 1.78. The van der Waals surface area contributed by atoms with Gasteiger partial charge in [0, 0.05) is 25.9 Å². The normalized spacial score (nSPS) is 13.3. The molecule has 0 fully saturated rings. The molecule has 5 rings (SSSR count). The number of carbonyl (C=O) groups is 1. The summed E-state index contributed by atoms with van der Waals surface area (Å²) in [4.78, 5) is 19.2. The number of carbonyl (C=O) groups excluding carboxylic acids is 1. The van der Waals surface area contributed by atoms with Gasteiger partial charge >= 0.3 is 0 Å². The zero-order valence-electron chi connectivity index (χ0n) is 17.6. The number of hydrogen-bond donors (Lipinski definition) is 0. The van der Waals surface area contributed by atoms with E-state index in [0.29, 0.717) is 30.6 Å². The number of hydrogen-bond acceptors (Lipinski definition) is 8. The van der Waals surface area contributed by atoms with Crippen molar-refractivity contribution in [1.29, 1.82) is 0 Å². The number of para-hydroxylation sites is 1. The molecule has 1 amide bonds. The third-order valence-electron chi connectivity index (χ3n) is 5.44. The molecule has 0 spiro atoms. The van der Waals surface area contributed by atoms with Crippen molar-refractivity contribution in [3.63, 3.8) is 0 Å². The molecule has 4 aromatic rings. The second-order valence-corrected chi connectivity index (χ2v) is 9.57. The van der Waals surface area contributed by atoms with Crippen LogP contribution in [0.4, 0.5) is 0 Å². The van der Waals surface area contributed by atoms with Gasteiger partial charge in [0.1, 0.15) is 5.75 Å². The van der Waals surface area contributed by atoms with Crippen molar-refractivity contribution < 1.29 is 13.9 Å². The van der Waals surface area contributed by atoms with Crippen LogP contribution in [0, 0.1) is 0 Å². The zero-order chi connectivity index (χ0) is 21.9. The fourth-order valence-electron chi connectivity index (χ4n) is 3.72. The number of benzene rings is 2. The van der Waals surface area contributed by atoms with E-state index in [9.17, 15) is 4.79 Å². The van der Waals surface area contributed by atoms with E-state index < -0.39 is 0 Å². The van der Waals surface area contributed by atoms with Crippen LogP contribution in [-0.4, -0.2) is 45.4 Å². The highest BCUT2D eigenvalue weighted by Gasteiger charge is 2.22. The fraction of sp³-hybridized carbons (Fsp3) is 0.304. The average molecular weight is 467 g/mol. The molecule has 32 heavy (non-hydrogen) atoms. The summed E-state index contributed by atoms with van der Waals surface area (Å²) in [6.45, 7) is 1.33. The number of amides is 1. The Hall–Kier alpha value is -2.91. The van der Waals surface area contributed by atoms with Gasteiger partial charge in [0.25, 0.3) is 5.22 Å². The molecule has 0 saturated heterocycles. The van der Waals surface area contributed by atoms with Gasteiger partial charge in [-0.3, -0.25) is 4.79 Å². The maximum atomic E-state index is 12.7. The van der Waals surface area contributed by atoms with Gasteiger partial charge < -0.3 is 14.1 Å². The Labute approximate surface area is 193 Å². The number of ether oxygens (including phenoxy) is 1. The first-order valence-electron chi connectivity index (χ1n) is 10.4. The van der Waals surface area contributed by atoms with Crippen molar-refractivity contribution in [3.8, 4) is 5.75 Å². The minimum atomic E-state index is 0.0747. The molecule has 0 N–H and O–H groups in total. The summed E-state index contributed by atoms with van der Waals surface area (Å²) in [6.07, 6.45) is 2.22. The SMILES string of the molecule is COc1ccc2c(c1)CCN(C(=O)CSc1nnc(CCc3nc4ccccc4s3)o1)C2. The van der Waals surface area contributed by atoms with Gasteiger partial charge in [-0.15, -0.1) is 21.5 Å². The van der Waals surface area contributed by atoms with Gasteiger partial charge in [-0.25, -0.2) is 4.98 Å². The number of aryl methyl sites for hydroxylation is 2. The lowest BCUT2D eigenvalue weighted by Crippen LogP contribution is -2.37. The van der Waals surface area contributed by atoms with Crippen LogP contribution in [0.1, 0.15) is 22.0 Å². The Morgan fingerprint density at radius 2 is 2.09 bits per heavy atom. The van der Waals surface area contributed by atoms with Crippen LogP contribution < -0.4 is 4.74 Å². The van der Waals surface area contributed by atoms with Crippen LogP contribution >= 0.6 is 23.1 Å². The van der Waals surface area contributed by atoms with Crippen LogP contribution in [0.15, 0.2) is 52.1 Å².